The number of nitrogens with one attached hydrogen (secondary N) is 1. The lowest BCUT2D eigenvalue weighted by Crippen LogP contribution is -2.21. The molecular formula is C20H21NO6. The molecule has 2 rings (SSSR count). The average Bonchev–Trinajstić information content (AvgIpc) is 2.61. The van der Waals surface area contributed by atoms with Gasteiger partial charge < -0.3 is 10.4 Å². The third-order valence-corrected chi connectivity index (χ3v) is 4.41. The van der Waals surface area contributed by atoms with Crippen LogP contribution in [-0.4, -0.2) is 35.1 Å². The number of carbonyl (C=O) groups is 3. The van der Waals surface area contributed by atoms with Crippen molar-refractivity contribution in [3.05, 3.63) is 57.6 Å². The number of benzene rings is 2. The van der Waals surface area contributed by atoms with Crippen molar-refractivity contribution in [1.82, 2.24) is 5.32 Å². The highest BCUT2D eigenvalue weighted by atomic mass is 17.1. The summed E-state index contributed by atoms with van der Waals surface area (Å²) in [6.45, 7) is 4.82. The van der Waals surface area contributed by atoms with Crippen molar-refractivity contribution in [2.24, 2.45) is 0 Å². The van der Waals surface area contributed by atoms with Crippen LogP contribution in [0.2, 0.25) is 0 Å². The maximum absolute atomic E-state index is 12.0. The lowest BCUT2D eigenvalue weighted by atomic mass is 9.89. The third-order valence-electron chi connectivity index (χ3n) is 4.41. The summed E-state index contributed by atoms with van der Waals surface area (Å²) in [6.07, 6.45) is 0. The summed E-state index contributed by atoms with van der Waals surface area (Å²) in [5, 5.41) is 20.8. The minimum atomic E-state index is -1.22. The van der Waals surface area contributed by atoms with Gasteiger partial charge in [0.05, 0.1) is 11.1 Å². The molecule has 0 aromatic heterocycles. The molecule has 0 aliphatic heterocycles. The number of aryl methyl sites for hydroxylation is 2. The molecule has 3 N–H and O–H groups in total. The fourth-order valence-corrected chi connectivity index (χ4v) is 3.06. The minimum absolute atomic E-state index is 0.0724. The van der Waals surface area contributed by atoms with Crippen molar-refractivity contribution < 1.29 is 29.6 Å². The minimum Gasteiger partial charge on any atom is -0.478 e. The lowest BCUT2D eigenvalue weighted by molar-refractivity contribution is -0.253. The van der Waals surface area contributed by atoms with E-state index in [9.17, 15) is 19.5 Å². The van der Waals surface area contributed by atoms with E-state index in [1.807, 2.05) is 0 Å². The second kappa shape index (κ2) is 8.11. The first-order valence-electron chi connectivity index (χ1n) is 8.22. The van der Waals surface area contributed by atoms with Crippen molar-refractivity contribution in [2.75, 3.05) is 7.05 Å². The van der Waals surface area contributed by atoms with Crippen molar-refractivity contribution in [3.8, 4) is 11.1 Å². The first-order chi connectivity index (χ1) is 12.7. The number of carboxylic acids is 1. The molecule has 0 atom stereocenters. The van der Waals surface area contributed by atoms with Crippen LogP contribution in [0.4, 0.5) is 0 Å². The fraction of sp³-hybridized carbons (Fsp3) is 0.250. The number of hydrogen-bond acceptors (Lipinski definition) is 5. The topological polar surface area (TPSA) is 113 Å². The number of carboxylic acid groups (broad SMARTS) is 1. The van der Waals surface area contributed by atoms with Crippen LogP contribution in [0, 0.1) is 13.8 Å². The molecule has 0 saturated carbocycles. The van der Waals surface area contributed by atoms with E-state index in [2.05, 4.69) is 10.2 Å². The molecule has 0 bridgehead atoms. The number of aromatic carboxylic acids is 1. The number of rotatable bonds is 6. The van der Waals surface area contributed by atoms with Gasteiger partial charge in [0.25, 0.3) is 5.91 Å². The molecule has 1 amide bonds. The summed E-state index contributed by atoms with van der Waals surface area (Å²) >= 11 is 0. The highest BCUT2D eigenvalue weighted by Gasteiger charge is 2.20. The number of amides is 1. The first kappa shape index (κ1) is 20.3. The summed E-state index contributed by atoms with van der Waals surface area (Å²) in [4.78, 5) is 39.7. The standard InChI is InChI=1S/C20H21NO6/c1-10-5-16(12(3)22)13(9-27-26)7-14(10)15-8-18(20(24)25)17(6-11(15)2)19(23)21-4/h5-8,26H,9H2,1-4H3,(H,21,23)(H,24,25). The zero-order chi connectivity index (χ0) is 20.3. The largest absolute Gasteiger partial charge is 0.478 e. The van der Waals surface area contributed by atoms with Crippen LogP contribution in [0.3, 0.4) is 0 Å². The fourth-order valence-electron chi connectivity index (χ4n) is 3.06. The number of Topliss-reactive ketones (excluding diaryl/α,β-unsaturated/α-hetero) is 1. The predicted molar refractivity (Wildman–Crippen MR) is 99.1 cm³/mol. The van der Waals surface area contributed by atoms with Crippen molar-refractivity contribution in [3.63, 3.8) is 0 Å². The van der Waals surface area contributed by atoms with Crippen LogP contribution >= 0.6 is 0 Å². The molecule has 0 aliphatic rings. The molecule has 7 nitrogen and oxygen atoms in total. The summed E-state index contributed by atoms with van der Waals surface area (Å²) in [7, 11) is 1.43. The lowest BCUT2D eigenvalue weighted by Gasteiger charge is -2.16. The van der Waals surface area contributed by atoms with E-state index in [1.54, 1.807) is 26.0 Å². The second-order valence-electron chi connectivity index (χ2n) is 6.25. The molecular weight excluding hydrogens is 350 g/mol. The summed E-state index contributed by atoms with van der Waals surface area (Å²) < 4.78 is 0. The van der Waals surface area contributed by atoms with Crippen LogP contribution in [0.25, 0.3) is 11.1 Å². The Balaban J connectivity index is 2.76. The maximum atomic E-state index is 12.0. The van der Waals surface area contributed by atoms with Crippen LogP contribution in [-0.2, 0) is 11.5 Å². The first-order valence-corrected chi connectivity index (χ1v) is 8.22. The van der Waals surface area contributed by atoms with Crippen LogP contribution in [0.5, 0.6) is 0 Å². The summed E-state index contributed by atoms with van der Waals surface area (Å²) in [6, 6.07) is 6.34. The van der Waals surface area contributed by atoms with Crippen molar-refractivity contribution in [2.45, 2.75) is 27.4 Å². The molecule has 0 aliphatic carbocycles. The Kier molecular flexibility index (Phi) is 6.09. The molecule has 142 valence electrons. The monoisotopic (exact) mass is 371 g/mol. The van der Waals surface area contributed by atoms with E-state index in [1.165, 1.54) is 26.1 Å². The molecule has 0 saturated heterocycles. The Morgan fingerprint density at radius 1 is 0.963 bits per heavy atom. The normalized spacial score (nSPS) is 10.6. The Morgan fingerprint density at radius 2 is 1.52 bits per heavy atom. The predicted octanol–water partition coefficient (Wildman–Crippen LogP) is 3.22. The highest BCUT2D eigenvalue weighted by Crippen LogP contribution is 2.32. The number of carbonyl (C=O) groups excluding carboxylic acids is 2. The quantitative estimate of drug-likeness (QED) is 0.408. The number of ketones is 1. The van der Waals surface area contributed by atoms with Gasteiger partial charge in [-0.15, -0.1) is 0 Å². The second-order valence-corrected chi connectivity index (χ2v) is 6.25. The summed E-state index contributed by atoms with van der Waals surface area (Å²) in [5.41, 5.74) is 3.62. The van der Waals surface area contributed by atoms with E-state index in [-0.39, 0.29) is 23.5 Å². The molecule has 0 spiro atoms. The number of hydrogen-bond donors (Lipinski definition) is 3. The van der Waals surface area contributed by atoms with Crippen LogP contribution < -0.4 is 5.32 Å². The van der Waals surface area contributed by atoms with Gasteiger partial charge in [-0.2, -0.15) is 0 Å². The Hall–Kier alpha value is -3.03. The Morgan fingerprint density at radius 3 is 2.00 bits per heavy atom. The van der Waals surface area contributed by atoms with E-state index in [0.717, 1.165) is 5.56 Å². The Bertz CT molecular complexity index is 933. The van der Waals surface area contributed by atoms with E-state index >= 15 is 0 Å². The summed E-state index contributed by atoms with van der Waals surface area (Å²) in [5.74, 6) is -1.87. The van der Waals surface area contributed by atoms with Gasteiger partial charge in [-0.05, 0) is 72.9 Å². The molecule has 0 unspecified atom stereocenters. The molecule has 7 heteroatoms. The highest BCUT2D eigenvalue weighted by molar-refractivity contribution is 6.06. The van der Waals surface area contributed by atoms with Gasteiger partial charge >= 0.3 is 5.97 Å². The van der Waals surface area contributed by atoms with E-state index in [0.29, 0.717) is 27.8 Å². The molecule has 0 fully saturated rings. The maximum Gasteiger partial charge on any atom is 0.336 e. The average molecular weight is 371 g/mol. The van der Waals surface area contributed by atoms with Gasteiger partial charge in [0, 0.05) is 12.6 Å². The van der Waals surface area contributed by atoms with Crippen molar-refractivity contribution in [1.29, 1.82) is 0 Å². The van der Waals surface area contributed by atoms with Crippen LogP contribution in [0.15, 0.2) is 24.3 Å². The van der Waals surface area contributed by atoms with Crippen LogP contribution in [0.1, 0.15) is 54.7 Å². The smallest absolute Gasteiger partial charge is 0.336 e. The molecule has 0 heterocycles. The molecule has 27 heavy (non-hydrogen) atoms. The zero-order valence-corrected chi connectivity index (χ0v) is 15.5. The third kappa shape index (κ3) is 4.05. The SMILES string of the molecule is CNC(=O)c1cc(C)c(-c2cc(COO)c(C(C)=O)cc2C)cc1C(=O)O. The molecule has 2 aromatic carbocycles. The van der Waals surface area contributed by atoms with Gasteiger partial charge in [0.2, 0.25) is 0 Å². The van der Waals surface area contributed by atoms with Gasteiger partial charge in [0.1, 0.15) is 6.61 Å². The molecule has 2 aromatic rings. The van der Waals surface area contributed by atoms with Gasteiger partial charge in [-0.25, -0.2) is 9.68 Å². The Labute approximate surface area is 156 Å². The van der Waals surface area contributed by atoms with E-state index < -0.39 is 11.9 Å². The van der Waals surface area contributed by atoms with Crippen molar-refractivity contribution >= 4 is 17.7 Å². The molecule has 0 radical (unpaired) electrons. The zero-order valence-electron chi connectivity index (χ0n) is 15.5. The van der Waals surface area contributed by atoms with Gasteiger partial charge in [-0.1, -0.05) is 0 Å². The van der Waals surface area contributed by atoms with Gasteiger partial charge in [0.15, 0.2) is 5.78 Å². The van der Waals surface area contributed by atoms with E-state index in [4.69, 9.17) is 5.26 Å². The van der Waals surface area contributed by atoms with Gasteiger partial charge in [-0.3, -0.25) is 14.8 Å².